The zero-order valence-electron chi connectivity index (χ0n) is 12.2. The van der Waals surface area contributed by atoms with Gasteiger partial charge in [-0.15, -0.1) is 0 Å². The molecule has 0 amide bonds. The van der Waals surface area contributed by atoms with Gasteiger partial charge in [0.1, 0.15) is 0 Å². The summed E-state index contributed by atoms with van der Waals surface area (Å²) in [5.74, 6) is 0. The van der Waals surface area contributed by atoms with Crippen LogP contribution in [0.15, 0.2) is 0 Å². The van der Waals surface area contributed by atoms with E-state index in [1.54, 1.807) is 0 Å². The lowest BCUT2D eigenvalue weighted by atomic mass is 10.7. The van der Waals surface area contributed by atoms with Crippen molar-refractivity contribution in [3.05, 3.63) is 0 Å². The van der Waals surface area contributed by atoms with E-state index in [2.05, 4.69) is 66.2 Å². The number of hydrogen-bond acceptors (Lipinski definition) is 4. The molecule has 0 saturated heterocycles. The lowest BCUT2D eigenvalue weighted by Crippen LogP contribution is -2.59. The first-order chi connectivity index (χ1) is 7.42. The Balaban J connectivity index is 4.46. The molecule has 0 bridgehead atoms. The molecule has 7 heteroatoms. The monoisotopic (exact) mass is 278 g/mol. The Hall–Kier alpha value is 0.491. The molecule has 0 rings (SSSR count). The van der Waals surface area contributed by atoms with Gasteiger partial charge in [0.15, 0.2) is 28.8 Å². The van der Waals surface area contributed by atoms with Crippen molar-refractivity contribution in [2.75, 3.05) is 41.3 Å². The summed E-state index contributed by atoms with van der Waals surface area (Å²) in [6.07, 6.45) is 0. The topological polar surface area (TPSA) is 13.0 Å². The van der Waals surface area contributed by atoms with Crippen LogP contribution in [0.5, 0.6) is 0 Å². The van der Waals surface area contributed by atoms with E-state index in [9.17, 15) is 0 Å². The van der Waals surface area contributed by atoms with Crippen LogP contribution in [0.1, 0.15) is 13.8 Å². The standard InChI is InChI=1S/C9H30N4Si3/c1-8-12(9-2)16(7)13(14-10(3)4)15-11(5)6/h16H,8-9,14-15H2,1-7H3. The number of rotatable bonds is 8. The van der Waals surface area contributed by atoms with Crippen LogP contribution >= 0.6 is 0 Å². The van der Waals surface area contributed by atoms with Crippen LogP contribution in [-0.2, 0) is 0 Å². The molecule has 0 saturated carbocycles. The normalized spacial score (nSPS) is 15.9. The lowest BCUT2D eigenvalue weighted by molar-refractivity contribution is 0.456. The molecule has 0 heterocycles. The summed E-state index contributed by atoms with van der Waals surface area (Å²) in [6.45, 7) is 9.51. The molecular weight excluding hydrogens is 248 g/mol. The Kier molecular flexibility index (Phi) is 8.82. The Labute approximate surface area is 108 Å². The van der Waals surface area contributed by atoms with E-state index >= 15 is 0 Å². The Morgan fingerprint density at radius 1 is 0.875 bits per heavy atom. The van der Waals surface area contributed by atoms with Crippen molar-refractivity contribution in [3.8, 4) is 0 Å². The second-order valence-corrected chi connectivity index (χ2v) is 14.7. The molecule has 4 nitrogen and oxygen atoms in total. The highest BCUT2D eigenvalue weighted by molar-refractivity contribution is 6.71. The summed E-state index contributed by atoms with van der Waals surface area (Å²) in [5.41, 5.74) is 0. The highest BCUT2D eigenvalue weighted by atomic mass is 28.4. The third kappa shape index (κ3) is 6.28. The fourth-order valence-corrected chi connectivity index (χ4v) is 13.0. The van der Waals surface area contributed by atoms with Crippen molar-refractivity contribution < 1.29 is 0 Å². The molecule has 0 aliphatic heterocycles. The van der Waals surface area contributed by atoms with Gasteiger partial charge in [0.05, 0.1) is 0 Å². The van der Waals surface area contributed by atoms with Gasteiger partial charge < -0.3 is 17.6 Å². The van der Waals surface area contributed by atoms with E-state index in [0.717, 1.165) is 0 Å². The van der Waals surface area contributed by atoms with Gasteiger partial charge >= 0.3 is 0 Å². The van der Waals surface area contributed by atoms with E-state index in [-0.39, 0.29) is 19.7 Å². The first kappa shape index (κ1) is 16.5. The smallest absolute Gasteiger partial charge is 0.174 e. The van der Waals surface area contributed by atoms with Crippen molar-refractivity contribution in [2.24, 2.45) is 0 Å². The van der Waals surface area contributed by atoms with E-state index in [1.807, 2.05) is 0 Å². The summed E-state index contributed by atoms with van der Waals surface area (Å²) < 4.78 is 10.5. The molecular formula is C9H30N4Si3. The minimum atomic E-state index is -0.838. The van der Waals surface area contributed by atoms with Gasteiger partial charge in [-0.05, 0) is 47.8 Å². The Bertz CT molecular complexity index is 166. The molecule has 0 aliphatic carbocycles. The van der Waals surface area contributed by atoms with Crippen LogP contribution in [0.25, 0.3) is 0 Å². The molecule has 0 fully saturated rings. The fraction of sp³-hybridized carbons (Fsp3) is 1.00. The maximum Gasteiger partial charge on any atom is 0.174 e. The van der Waals surface area contributed by atoms with Gasteiger partial charge in [0.2, 0.25) is 0 Å². The van der Waals surface area contributed by atoms with Gasteiger partial charge in [-0.2, -0.15) is 0 Å². The SMILES string of the molecule is CCN(CC)[SiH](C)N([SiH2]N(C)C)[SiH2]N(C)C. The molecule has 0 radical (unpaired) electrons. The third-order valence-electron chi connectivity index (χ3n) is 2.80. The average molecular weight is 279 g/mol. The maximum absolute atomic E-state index is 2.90. The molecule has 0 aromatic rings. The molecule has 0 spiro atoms. The van der Waals surface area contributed by atoms with Crippen LogP contribution in [-0.4, -0.2) is 87.7 Å². The maximum atomic E-state index is 2.90. The predicted octanol–water partition coefficient (Wildman–Crippen LogP) is -1.40. The highest BCUT2D eigenvalue weighted by Crippen LogP contribution is 2.00. The summed E-state index contributed by atoms with van der Waals surface area (Å²) in [6, 6.07) is 0. The molecule has 0 aromatic heterocycles. The molecule has 98 valence electrons. The van der Waals surface area contributed by atoms with Crippen molar-refractivity contribution in [1.82, 2.24) is 17.6 Å². The van der Waals surface area contributed by atoms with Gasteiger partial charge in [-0.1, -0.05) is 13.8 Å². The van der Waals surface area contributed by atoms with E-state index in [4.69, 9.17) is 0 Å². The predicted molar refractivity (Wildman–Crippen MR) is 82.2 cm³/mol. The quantitative estimate of drug-likeness (QED) is 0.507. The van der Waals surface area contributed by atoms with Gasteiger partial charge in [0, 0.05) is 0 Å². The fourth-order valence-electron chi connectivity index (χ4n) is 1.99. The largest absolute Gasteiger partial charge is 0.344 e. The molecule has 16 heavy (non-hydrogen) atoms. The molecule has 0 aromatic carbocycles. The Morgan fingerprint density at radius 3 is 1.50 bits per heavy atom. The van der Waals surface area contributed by atoms with Crippen molar-refractivity contribution in [1.29, 1.82) is 0 Å². The zero-order chi connectivity index (χ0) is 12.7. The molecule has 1 unspecified atom stereocenters. The second-order valence-electron chi connectivity index (χ2n) is 4.88. The van der Waals surface area contributed by atoms with Crippen LogP contribution in [0.3, 0.4) is 0 Å². The summed E-state index contributed by atoms with van der Waals surface area (Å²) in [4.78, 5) is 0. The van der Waals surface area contributed by atoms with Gasteiger partial charge in [0.25, 0.3) is 0 Å². The summed E-state index contributed by atoms with van der Waals surface area (Å²) >= 11 is 0. The van der Waals surface area contributed by atoms with E-state index in [0.29, 0.717) is 0 Å². The first-order valence-electron chi connectivity index (χ1n) is 6.19. The van der Waals surface area contributed by atoms with Gasteiger partial charge in [-0.25, -0.2) is 0 Å². The Morgan fingerprint density at radius 2 is 1.25 bits per heavy atom. The minimum Gasteiger partial charge on any atom is -0.344 e. The van der Waals surface area contributed by atoms with E-state index in [1.165, 1.54) is 13.1 Å². The third-order valence-corrected chi connectivity index (χ3v) is 12.9. The van der Waals surface area contributed by atoms with Crippen LogP contribution < -0.4 is 0 Å². The van der Waals surface area contributed by atoms with Gasteiger partial charge in [-0.3, -0.25) is 0 Å². The first-order valence-corrected chi connectivity index (χ1v) is 10.9. The summed E-state index contributed by atoms with van der Waals surface area (Å²) in [7, 11) is 7.71. The minimum absolute atomic E-state index is 0.185. The molecule has 0 N–H and O–H groups in total. The van der Waals surface area contributed by atoms with Crippen molar-refractivity contribution in [3.63, 3.8) is 0 Å². The van der Waals surface area contributed by atoms with Crippen LogP contribution in [0.2, 0.25) is 6.55 Å². The number of hydrogen-bond donors (Lipinski definition) is 0. The highest BCUT2D eigenvalue weighted by Gasteiger charge is 2.21. The zero-order valence-corrected chi connectivity index (χ0v) is 16.2. The van der Waals surface area contributed by atoms with Crippen LogP contribution in [0.4, 0.5) is 0 Å². The average Bonchev–Trinajstić information content (AvgIpc) is 2.17. The molecule has 0 aliphatic rings. The van der Waals surface area contributed by atoms with Crippen molar-refractivity contribution in [2.45, 2.75) is 20.4 Å². The van der Waals surface area contributed by atoms with Crippen LogP contribution in [0, 0.1) is 0 Å². The second kappa shape index (κ2) is 8.56. The number of nitrogens with zero attached hydrogens (tertiary/aromatic N) is 4. The molecule has 1 atom stereocenters. The lowest BCUT2D eigenvalue weighted by Gasteiger charge is -2.38. The summed E-state index contributed by atoms with van der Waals surface area (Å²) in [5, 5.41) is 0. The van der Waals surface area contributed by atoms with E-state index < -0.39 is 9.12 Å². The van der Waals surface area contributed by atoms with Crippen molar-refractivity contribution >= 4 is 28.8 Å².